The van der Waals surface area contributed by atoms with E-state index in [-0.39, 0.29) is 6.54 Å². The highest BCUT2D eigenvalue weighted by Crippen LogP contribution is 2.31. The van der Waals surface area contributed by atoms with Crippen LogP contribution >= 0.6 is 0 Å². The van der Waals surface area contributed by atoms with Crippen molar-refractivity contribution in [1.29, 1.82) is 0 Å². The molecular formula is C16H22N2O5. The summed E-state index contributed by atoms with van der Waals surface area (Å²) in [6.07, 6.45) is -0.177. The zero-order chi connectivity index (χ0) is 17.2. The summed E-state index contributed by atoms with van der Waals surface area (Å²) in [6.45, 7) is 7.81. The van der Waals surface area contributed by atoms with Gasteiger partial charge in [0.25, 0.3) is 0 Å². The molecule has 0 saturated heterocycles. The minimum atomic E-state index is -1.11. The second-order valence-corrected chi connectivity index (χ2v) is 6.28. The van der Waals surface area contributed by atoms with Gasteiger partial charge in [0.1, 0.15) is 5.60 Å². The average Bonchev–Trinajstić information content (AvgIpc) is 2.44. The van der Waals surface area contributed by atoms with E-state index in [1.54, 1.807) is 32.9 Å². The van der Waals surface area contributed by atoms with Gasteiger partial charge in [0.05, 0.1) is 12.3 Å². The van der Waals surface area contributed by atoms with Gasteiger partial charge in [0.2, 0.25) is 5.88 Å². The molecule has 0 radical (unpaired) electrons. The van der Waals surface area contributed by atoms with Crippen LogP contribution in [0.5, 0.6) is 5.88 Å². The van der Waals surface area contributed by atoms with Crippen molar-refractivity contribution in [3.8, 4) is 5.88 Å². The van der Waals surface area contributed by atoms with Crippen molar-refractivity contribution in [2.45, 2.75) is 45.8 Å². The predicted molar refractivity (Wildman–Crippen MR) is 82.4 cm³/mol. The van der Waals surface area contributed by atoms with Gasteiger partial charge in [-0.2, -0.15) is 0 Å². The van der Waals surface area contributed by atoms with E-state index in [0.29, 0.717) is 30.2 Å². The summed E-state index contributed by atoms with van der Waals surface area (Å²) in [6, 6.07) is 2.18. The number of carbonyl (C=O) groups excluding carboxylic acids is 1. The summed E-state index contributed by atoms with van der Waals surface area (Å²) in [5, 5.41) is 9.57. The first kappa shape index (κ1) is 17.1. The number of ether oxygens (including phenoxy) is 2. The van der Waals surface area contributed by atoms with Crippen LogP contribution in [0.1, 0.15) is 45.0 Å². The Balaban J connectivity index is 2.32. The lowest BCUT2D eigenvalue weighted by Gasteiger charge is -2.35. The Bertz CT molecular complexity index is 609. The molecule has 1 unspecified atom stereocenters. The zero-order valence-corrected chi connectivity index (χ0v) is 13.8. The Morgan fingerprint density at radius 1 is 1.39 bits per heavy atom. The van der Waals surface area contributed by atoms with Gasteiger partial charge >= 0.3 is 12.1 Å². The normalized spacial score (nSPS) is 17.4. The van der Waals surface area contributed by atoms with Crippen LogP contribution in [0.15, 0.2) is 12.1 Å². The number of nitrogens with zero attached hydrogens (tertiary/aromatic N) is 2. The minimum absolute atomic E-state index is 0.238. The third-order valence-corrected chi connectivity index (χ3v) is 3.33. The summed E-state index contributed by atoms with van der Waals surface area (Å²) >= 11 is 0. The maximum Gasteiger partial charge on any atom is 0.411 e. The van der Waals surface area contributed by atoms with Crippen LogP contribution in [-0.4, -0.2) is 45.8 Å². The summed E-state index contributed by atoms with van der Waals surface area (Å²) in [5.41, 5.74) is 0.457. The largest absolute Gasteiger partial charge is 0.479 e. The van der Waals surface area contributed by atoms with E-state index in [1.807, 2.05) is 6.92 Å². The number of aliphatic carboxylic acids is 1. The molecule has 23 heavy (non-hydrogen) atoms. The highest BCUT2D eigenvalue weighted by atomic mass is 16.6. The number of amides is 1. The van der Waals surface area contributed by atoms with E-state index < -0.39 is 23.7 Å². The quantitative estimate of drug-likeness (QED) is 0.919. The van der Waals surface area contributed by atoms with Crippen LogP contribution in [0.4, 0.5) is 4.79 Å². The first-order valence-electron chi connectivity index (χ1n) is 7.58. The van der Waals surface area contributed by atoms with Crippen molar-refractivity contribution in [3.63, 3.8) is 0 Å². The molecule has 2 heterocycles. The Morgan fingerprint density at radius 3 is 2.65 bits per heavy atom. The lowest BCUT2D eigenvalue weighted by Crippen LogP contribution is -2.46. The molecule has 0 aliphatic carbocycles. The van der Waals surface area contributed by atoms with E-state index in [2.05, 4.69) is 4.98 Å². The van der Waals surface area contributed by atoms with Crippen LogP contribution in [0, 0.1) is 0 Å². The van der Waals surface area contributed by atoms with E-state index in [1.165, 1.54) is 4.90 Å². The van der Waals surface area contributed by atoms with Crippen molar-refractivity contribution >= 4 is 12.1 Å². The lowest BCUT2D eigenvalue weighted by atomic mass is 9.97. The van der Waals surface area contributed by atoms with Gasteiger partial charge < -0.3 is 14.6 Å². The fourth-order valence-corrected chi connectivity index (χ4v) is 2.48. The molecule has 1 amide bonds. The zero-order valence-electron chi connectivity index (χ0n) is 13.8. The standard InChI is InChI=1S/C16H22N2O5/c1-5-22-12-7-6-10-11(17-12)8-9-18(13(10)14(19)20)15(21)23-16(2,3)4/h6-7,13H,5,8-9H2,1-4H3,(H,19,20). The summed E-state index contributed by atoms with van der Waals surface area (Å²) in [5.74, 6) is -0.649. The highest BCUT2D eigenvalue weighted by molar-refractivity contribution is 5.82. The minimum Gasteiger partial charge on any atom is -0.479 e. The maximum atomic E-state index is 12.3. The molecule has 0 bridgehead atoms. The van der Waals surface area contributed by atoms with Crippen molar-refractivity contribution in [3.05, 3.63) is 23.4 Å². The van der Waals surface area contributed by atoms with Gasteiger partial charge in [-0.15, -0.1) is 0 Å². The van der Waals surface area contributed by atoms with Gasteiger partial charge in [0, 0.05) is 24.6 Å². The third kappa shape index (κ3) is 3.91. The third-order valence-electron chi connectivity index (χ3n) is 3.33. The topological polar surface area (TPSA) is 89.0 Å². The van der Waals surface area contributed by atoms with E-state index >= 15 is 0 Å². The smallest absolute Gasteiger partial charge is 0.411 e. The van der Waals surface area contributed by atoms with Crippen LogP contribution in [0.2, 0.25) is 0 Å². The molecule has 0 spiro atoms. The van der Waals surface area contributed by atoms with Crippen molar-refractivity contribution in [2.24, 2.45) is 0 Å². The molecule has 1 atom stereocenters. The Kier molecular flexibility index (Phi) is 4.77. The summed E-state index contributed by atoms with van der Waals surface area (Å²) in [7, 11) is 0. The van der Waals surface area contributed by atoms with Gasteiger partial charge in [-0.25, -0.2) is 14.6 Å². The number of carboxylic acid groups (broad SMARTS) is 1. The molecular weight excluding hydrogens is 300 g/mol. The van der Waals surface area contributed by atoms with Crippen molar-refractivity contribution < 1.29 is 24.2 Å². The number of aromatic nitrogens is 1. The number of carboxylic acids is 1. The van der Waals surface area contributed by atoms with E-state index in [4.69, 9.17) is 9.47 Å². The van der Waals surface area contributed by atoms with Crippen LogP contribution in [0.3, 0.4) is 0 Å². The van der Waals surface area contributed by atoms with Gasteiger partial charge in [-0.3, -0.25) is 4.90 Å². The molecule has 1 aliphatic rings. The van der Waals surface area contributed by atoms with E-state index in [9.17, 15) is 14.7 Å². The van der Waals surface area contributed by atoms with Crippen LogP contribution in [0.25, 0.3) is 0 Å². The molecule has 2 rings (SSSR count). The number of pyridine rings is 1. The van der Waals surface area contributed by atoms with Gasteiger partial charge in [-0.1, -0.05) is 0 Å². The molecule has 1 aromatic heterocycles. The molecule has 1 N–H and O–H groups in total. The number of carbonyl (C=O) groups is 2. The fraction of sp³-hybridized carbons (Fsp3) is 0.562. The average molecular weight is 322 g/mol. The maximum absolute atomic E-state index is 12.3. The molecule has 126 valence electrons. The molecule has 7 nitrogen and oxygen atoms in total. The monoisotopic (exact) mass is 322 g/mol. The first-order valence-corrected chi connectivity index (χ1v) is 7.58. The molecule has 0 fully saturated rings. The van der Waals surface area contributed by atoms with Crippen molar-refractivity contribution in [2.75, 3.05) is 13.2 Å². The number of hydrogen-bond donors (Lipinski definition) is 1. The van der Waals surface area contributed by atoms with Gasteiger partial charge in [0.15, 0.2) is 6.04 Å². The van der Waals surface area contributed by atoms with E-state index in [0.717, 1.165) is 0 Å². The SMILES string of the molecule is CCOc1ccc2c(n1)CCN(C(=O)OC(C)(C)C)C2C(=O)O. The van der Waals surface area contributed by atoms with Crippen molar-refractivity contribution in [1.82, 2.24) is 9.88 Å². The number of hydrogen-bond acceptors (Lipinski definition) is 5. The summed E-state index contributed by atoms with van der Waals surface area (Å²) < 4.78 is 10.7. The highest BCUT2D eigenvalue weighted by Gasteiger charge is 2.38. The molecule has 1 aliphatic heterocycles. The molecule has 7 heteroatoms. The Morgan fingerprint density at radius 2 is 2.09 bits per heavy atom. The first-order chi connectivity index (χ1) is 10.7. The Labute approximate surface area is 135 Å². The van der Waals surface area contributed by atoms with Crippen LogP contribution < -0.4 is 4.74 Å². The molecule has 1 aromatic rings. The predicted octanol–water partition coefficient (Wildman–Crippen LogP) is 2.40. The van der Waals surface area contributed by atoms with Gasteiger partial charge in [-0.05, 0) is 33.8 Å². The molecule has 0 aromatic carbocycles. The number of rotatable bonds is 3. The fourth-order valence-electron chi connectivity index (χ4n) is 2.48. The second kappa shape index (κ2) is 6.44. The molecule has 0 saturated carbocycles. The Hall–Kier alpha value is -2.31. The number of fused-ring (bicyclic) bond motifs is 1. The second-order valence-electron chi connectivity index (χ2n) is 6.28. The van der Waals surface area contributed by atoms with Crippen LogP contribution in [-0.2, 0) is 16.0 Å². The summed E-state index contributed by atoms with van der Waals surface area (Å²) in [4.78, 5) is 29.6. The lowest BCUT2D eigenvalue weighted by molar-refractivity contribution is -0.143.